The van der Waals surface area contributed by atoms with Gasteiger partial charge < -0.3 is 9.72 Å². The minimum Gasteiger partial charge on any atom is -0.478 e. The van der Waals surface area contributed by atoms with Crippen LogP contribution in [0.5, 0.6) is 5.88 Å². The molecule has 2 aromatic rings. The fourth-order valence-electron chi connectivity index (χ4n) is 1.33. The highest BCUT2D eigenvalue weighted by Crippen LogP contribution is 2.19. The lowest BCUT2D eigenvalue weighted by atomic mass is 10.3. The normalized spacial score (nSPS) is 9.93. The highest BCUT2D eigenvalue weighted by molar-refractivity contribution is 5.81. The Balaban J connectivity index is 2.15. The molecule has 14 heavy (non-hydrogen) atoms. The SMILES string of the molecule is N#CCCOc1cc2ccccc2[nH]1. The van der Waals surface area contributed by atoms with Crippen molar-refractivity contribution in [3.05, 3.63) is 30.3 Å². The van der Waals surface area contributed by atoms with Crippen LogP contribution >= 0.6 is 0 Å². The summed E-state index contributed by atoms with van der Waals surface area (Å²) in [5.74, 6) is 0.724. The average molecular weight is 186 g/mol. The fraction of sp³-hybridized carbons (Fsp3) is 0.182. The highest BCUT2D eigenvalue weighted by atomic mass is 16.5. The molecule has 0 bridgehead atoms. The van der Waals surface area contributed by atoms with Crippen LogP contribution in [-0.4, -0.2) is 11.6 Å². The number of H-pyrrole nitrogens is 1. The Bertz CT molecular complexity index is 434. The van der Waals surface area contributed by atoms with Crippen molar-refractivity contribution in [1.29, 1.82) is 5.26 Å². The number of benzene rings is 1. The van der Waals surface area contributed by atoms with Gasteiger partial charge >= 0.3 is 0 Å². The van der Waals surface area contributed by atoms with Crippen LogP contribution in [0, 0.1) is 11.3 Å². The van der Waals surface area contributed by atoms with Crippen molar-refractivity contribution in [2.75, 3.05) is 6.61 Å². The number of rotatable bonds is 3. The van der Waals surface area contributed by atoms with E-state index in [1.165, 1.54) is 0 Å². The third-order valence-corrected chi connectivity index (χ3v) is 1.98. The lowest BCUT2D eigenvalue weighted by Crippen LogP contribution is -1.95. The van der Waals surface area contributed by atoms with Gasteiger partial charge in [-0.2, -0.15) is 5.26 Å². The van der Waals surface area contributed by atoms with Crippen molar-refractivity contribution in [2.24, 2.45) is 0 Å². The van der Waals surface area contributed by atoms with Crippen molar-refractivity contribution in [3.8, 4) is 11.9 Å². The van der Waals surface area contributed by atoms with Crippen LogP contribution in [0.3, 0.4) is 0 Å². The Kier molecular flexibility index (Phi) is 2.37. The van der Waals surface area contributed by atoms with E-state index in [0.717, 1.165) is 16.8 Å². The monoisotopic (exact) mass is 186 g/mol. The van der Waals surface area contributed by atoms with Crippen LogP contribution in [0.25, 0.3) is 10.9 Å². The lowest BCUT2D eigenvalue weighted by molar-refractivity contribution is 0.316. The number of aromatic amines is 1. The number of fused-ring (bicyclic) bond motifs is 1. The first-order chi connectivity index (χ1) is 6.90. The first kappa shape index (κ1) is 8.64. The second-order valence-corrected chi connectivity index (χ2v) is 2.98. The smallest absolute Gasteiger partial charge is 0.191 e. The zero-order chi connectivity index (χ0) is 9.80. The Hall–Kier alpha value is -1.95. The van der Waals surface area contributed by atoms with Gasteiger partial charge in [0.25, 0.3) is 0 Å². The average Bonchev–Trinajstić information content (AvgIpc) is 2.60. The summed E-state index contributed by atoms with van der Waals surface area (Å²) in [6.07, 6.45) is 0.412. The van der Waals surface area contributed by atoms with Crippen LogP contribution in [0.15, 0.2) is 30.3 Å². The summed E-state index contributed by atoms with van der Waals surface area (Å²) >= 11 is 0. The van der Waals surface area contributed by atoms with Gasteiger partial charge in [-0.15, -0.1) is 0 Å². The number of para-hydroxylation sites is 1. The summed E-state index contributed by atoms with van der Waals surface area (Å²) in [6.45, 7) is 0.434. The second kappa shape index (κ2) is 3.84. The van der Waals surface area contributed by atoms with Gasteiger partial charge in [0.2, 0.25) is 0 Å². The maximum absolute atomic E-state index is 8.34. The number of nitriles is 1. The third-order valence-electron chi connectivity index (χ3n) is 1.98. The maximum Gasteiger partial charge on any atom is 0.191 e. The summed E-state index contributed by atoms with van der Waals surface area (Å²) in [5.41, 5.74) is 1.06. The topological polar surface area (TPSA) is 48.8 Å². The Morgan fingerprint density at radius 3 is 3.00 bits per heavy atom. The van der Waals surface area contributed by atoms with E-state index in [1.54, 1.807) is 0 Å². The molecule has 3 heteroatoms. The highest BCUT2D eigenvalue weighted by Gasteiger charge is 1.99. The molecule has 0 fully saturated rings. The molecule has 1 aromatic carbocycles. The van der Waals surface area contributed by atoms with Gasteiger partial charge in [-0.3, -0.25) is 0 Å². The molecule has 3 nitrogen and oxygen atoms in total. The number of hydrogen-bond donors (Lipinski definition) is 1. The predicted molar refractivity (Wildman–Crippen MR) is 54.0 cm³/mol. The first-order valence-corrected chi connectivity index (χ1v) is 4.47. The van der Waals surface area contributed by atoms with Crippen molar-refractivity contribution in [1.82, 2.24) is 4.98 Å². The molecule has 0 spiro atoms. The van der Waals surface area contributed by atoms with E-state index < -0.39 is 0 Å². The summed E-state index contributed by atoms with van der Waals surface area (Å²) in [6, 6.07) is 11.9. The minimum absolute atomic E-state index is 0.412. The molecule has 0 aliphatic rings. The minimum atomic E-state index is 0.412. The van der Waals surface area contributed by atoms with Crippen molar-refractivity contribution in [3.63, 3.8) is 0 Å². The molecule has 0 aliphatic heterocycles. The largest absolute Gasteiger partial charge is 0.478 e. The maximum atomic E-state index is 8.34. The molecular formula is C11H10N2O. The number of nitrogens with zero attached hydrogens (tertiary/aromatic N) is 1. The van der Waals surface area contributed by atoms with E-state index in [9.17, 15) is 0 Å². The van der Waals surface area contributed by atoms with Gasteiger partial charge in [-0.05, 0) is 6.07 Å². The molecule has 1 aromatic heterocycles. The van der Waals surface area contributed by atoms with Gasteiger partial charge in [0, 0.05) is 17.0 Å². The van der Waals surface area contributed by atoms with Gasteiger partial charge in [0.15, 0.2) is 5.88 Å². The fourth-order valence-corrected chi connectivity index (χ4v) is 1.33. The number of hydrogen-bond acceptors (Lipinski definition) is 2. The van der Waals surface area contributed by atoms with Crippen LogP contribution < -0.4 is 4.74 Å². The summed E-state index contributed by atoms with van der Waals surface area (Å²) in [4.78, 5) is 3.12. The van der Waals surface area contributed by atoms with Crippen molar-refractivity contribution >= 4 is 10.9 Å². The van der Waals surface area contributed by atoms with Crippen LogP contribution in [0.2, 0.25) is 0 Å². The third kappa shape index (κ3) is 1.69. The number of aromatic nitrogens is 1. The van der Waals surface area contributed by atoms with Crippen molar-refractivity contribution < 1.29 is 4.74 Å². The molecule has 0 radical (unpaired) electrons. The standard InChI is InChI=1S/C11H10N2O/c12-6-3-7-14-11-8-9-4-1-2-5-10(9)13-11/h1-2,4-5,8,13H,3,7H2. The number of nitrogens with one attached hydrogen (secondary N) is 1. The van der Waals surface area contributed by atoms with Crippen molar-refractivity contribution in [2.45, 2.75) is 6.42 Å². The zero-order valence-electron chi connectivity index (χ0n) is 7.66. The molecule has 0 aliphatic carbocycles. The molecule has 0 amide bonds. The quantitative estimate of drug-likeness (QED) is 0.748. The lowest BCUT2D eigenvalue weighted by Gasteiger charge is -1.97. The van der Waals surface area contributed by atoms with Crippen LogP contribution in [0.4, 0.5) is 0 Å². The molecule has 0 saturated heterocycles. The first-order valence-electron chi connectivity index (χ1n) is 4.47. The van der Waals surface area contributed by atoms with E-state index in [1.807, 2.05) is 36.4 Å². The van der Waals surface area contributed by atoms with Gasteiger partial charge in [0.05, 0.1) is 12.5 Å². The molecule has 2 rings (SSSR count). The van der Waals surface area contributed by atoms with Crippen LogP contribution in [0.1, 0.15) is 6.42 Å². The molecular weight excluding hydrogens is 176 g/mol. The Morgan fingerprint density at radius 2 is 2.21 bits per heavy atom. The Morgan fingerprint density at radius 1 is 1.36 bits per heavy atom. The van der Waals surface area contributed by atoms with Crippen LogP contribution in [-0.2, 0) is 0 Å². The van der Waals surface area contributed by atoms with E-state index in [2.05, 4.69) is 4.98 Å². The second-order valence-electron chi connectivity index (χ2n) is 2.98. The number of ether oxygens (including phenoxy) is 1. The summed E-state index contributed by atoms with van der Waals surface area (Å²) in [7, 11) is 0. The molecule has 0 atom stereocenters. The van der Waals surface area contributed by atoms with E-state index in [0.29, 0.717) is 13.0 Å². The summed E-state index contributed by atoms with van der Waals surface area (Å²) in [5, 5.41) is 9.47. The molecule has 1 N–H and O–H groups in total. The van der Waals surface area contributed by atoms with E-state index in [4.69, 9.17) is 10.00 Å². The molecule has 70 valence electrons. The molecule has 1 heterocycles. The molecule has 0 saturated carbocycles. The van der Waals surface area contributed by atoms with Gasteiger partial charge in [-0.1, -0.05) is 18.2 Å². The predicted octanol–water partition coefficient (Wildman–Crippen LogP) is 2.46. The Labute approximate surface area is 81.9 Å². The zero-order valence-corrected chi connectivity index (χ0v) is 7.66. The van der Waals surface area contributed by atoms with E-state index in [-0.39, 0.29) is 0 Å². The molecule has 0 unspecified atom stereocenters. The van der Waals surface area contributed by atoms with E-state index >= 15 is 0 Å². The summed E-state index contributed by atoms with van der Waals surface area (Å²) < 4.78 is 5.35. The van der Waals surface area contributed by atoms with Gasteiger partial charge in [-0.25, -0.2) is 0 Å². The van der Waals surface area contributed by atoms with Gasteiger partial charge in [0.1, 0.15) is 6.61 Å².